The Morgan fingerprint density at radius 3 is 2.62 bits per heavy atom. The Hall–Kier alpha value is -0.350. The lowest BCUT2D eigenvalue weighted by Gasteiger charge is -2.29. The summed E-state index contributed by atoms with van der Waals surface area (Å²) in [7, 11) is 0. The highest BCUT2D eigenvalue weighted by Gasteiger charge is 2.17. The lowest BCUT2D eigenvalue weighted by atomic mass is 10.1. The average molecular weight is 261 g/mol. The number of rotatable bonds is 2. The predicted octanol–water partition coefficient (Wildman–Crippen LogP) is 2.35. The first-order valence-electron chi connectivity index (χ1n) is 5.36. The van der Waals surface area contributed by atoms with Crippen molar-refractivity contribution in [3.05, 3.63) is 28.0 Å². The second kappa shape index (κ2) is 5.32. The molecule has 2 heterocycles. The van der Waals surface area contributed by atoms with Crippen molar-refractivity contribution in [2.75, 3.05) is 13.1 Å². The highest BCUT2D eigenvalue weighted by molar-refractivity contribution is 6.32. The number of halogens is 2. The fraction of sp³-hybridized carbons (Fsp3) is 0.545. The van der Waals surface area contributed by atoms with Gasteiger partial charge in [-0.1, -0.05) is 29.3 Å². The second-order valence-corrected chi connectivity index (χ2v) is 4.84. The molecule has 16 heavy (non-hydrogen) atoms. The maximum atomic E-state index is 9.40. The van der Waals surface area contributed by atoms with Gasteiger partial charge in [0.1, 0.15) is 10.3 Å². The summed E-state index contributed by atoms with van der Waals surface area (Å²) in [6.07, 6.45) is 1.52. The zero-order valence-electron chi connectivity index (χ0n) is 8.87. The van der Waals surface area contributed by atoms with Gasteiger partial charge in [0.15, 0.2) is 0 Å². The number of hydrogen-bond acceptors (Lipinski definition) is 3. The van der Waals surface area contributed by atoms with E-state index in [2.05, 4.69) is 9.88 Å². The summed E-state index contributed by atoms with van der Waals surface area (Å²) in [6, 6.07) is 3.66. The van der Waals surface area contributed by atoms with Gasteiger partial charge in [0, 0.05) is 25.2 Å². The molecule has 0 amide bonds. The van der Waals surface area contributed by atoms with Crippen LogP contribution in [0.4, 0.5) is 0 Å². The Morgan fingerprint density at radius 1 is 1.31 bits per heavy atom. The van der Waals surface area contributed by atoms with E-state index in [0.717, 1.165) is 38.0 Å². The number of aliphatic hydroxyl groups excluding tert-OH is 1. The molecule has 1 N–H and O–H groups in total. The maximum Gasteiger partial charge on any atom is 0.135 e. The van der Waals surface area contributed by atoms with Crippen LogP contribution >= 0.6 is 23.2 Å². The molecule has 1 aromatic heterocycles. The summed E-state index contributed by atoms with van der Waals surface area (Å²) < 4.78 is 0. The molecule has 1 fully saturated rings. The minimum Gasteiger partial charge on any atom is -0.393 e. The van der Waals surface area contributed by atoms with E-state index in [-0.39, 0.29) is 6.10 Å². The third-order valence-corrected chi connectivity index (χ3v) is 3.38. The van der Waals surface area contributed by atoms with Gasteiger partial charge >= 0.3 is 0 Å². The third kappa shape index (κ3) is 3.08. The molecule has 5 heteroatoms. The van der Waals surface area contributed by atoms with Crippen molar-refractivity contribution in [1.29, 1.82) is 0 Å². The Balaban J connectivity index is 1.98. The quantitative estimate of drug-likeness (QED) is 0.830. The topological polar surface area (TPSA) is 36.4 Å². The van der Waals surface area contributed by atoms with Crippen molar-refractivity contribution >= 4 is 23.2 Å². The Morgan fingerprint density at radius 2 is 2.00 bits per heavy atom. The number of piperidine rings is 1. The fourth-order valence-corrected chi connectivity index (χ4v) is 2.28. The number of aromatic nitrogens is 1. The summed E-state index contributed by atoms with van der Waals surface area (Å²) in [5, 5.41) is 10.3. The van der Waals surface area contributed by atoms with Crippen LogP contribution in [0.15, 0.2) is 12.1 Å². The molecular formula is C11H14Cl2N2O. The molecule has 0 unspecified atom stereocenters. The first kappa shape index (κ1) is 12.1. The molecule has 0 bridgehead atoms. The highest BCUT2D eigenvalue weighted by Crippen LogP contribution is 2.20. The van der Waals surface area contributed by atoms with Gasteiger partial charge in [0.05, 0.1) is 6.10 Å². The molecular weight excluding hydrogens is 247 g/mol. The molecule has 88 valence electrons. The molecule has 3 nitrogen and oxygen atoms in total. The number of nitrogens with zero attached hydrogens (tertiary/aromatic N) is 2. The van der Waals surface area contributed by atoms with E-state index < -0.39 is 0 Å². The summed E-state index contributed by atoms with van der Waals surface area (Å²) in [4.78, 5) is 6.28. The smallest absolute Gasteiger partial charge is 0.135 e. The second-order valence-electron chi connectivity index (χ2n) is 4.09. The van der Waals surface area contributed by atoms with E-state index in [1.807, 2.05) is 6.07 Å². The van der Waals surface area contributed by atoms with Gasteiger partial charge in [-0.15, -0.1) is 0 Å². The van der Waals surface area contributed by atoms with Crippen LogP contribution in [0.5, 0.6) is 0 Å². The first-order chi connectivity index (χ1) is 7.65. The van der Waals surface area contributed by atoms with Crippen LogP contribution in [-0.4, -0.2) is 34.2 Å². The van der Waals surface area contributed by atoms with Crippen molar-refractivity contribution in [2.24, 2.45) is 0 Å². The van der Waals surface area contributed by atoms with Crippen molar-refractivity contribution in [3.8, 4) is 0 Å². The van der Waals surface area contributed by atoms with Crippen LogP contribution in [0.2, 0.25) is 10.3 Å². The number of likely N-dealkylation sites (tertiary alicyclic amines) is 1. The number of aliphatic hydroxyl groups is 1. The summed E-state index contributed by atoms with van der Waals surface area (Å²) in [5.41, 5.74) is 0.988. The zero-order valence-corrected chi connectivity index (χ0v) is 10.4. The van der Waals surface area contributed by atoms with Gasteiger partial charge in [-0.05, 0) is 18.9 Å². The van der Waals surface area contributed by atoms with Crippen LogP contribution in [0.25, 0.3) is 0 Å². The van der Waals surface area contributed by atoms with E-state index in [0.29, 0.717) is 10.3 Å². The Bertz CT molecular complexity index is 365. The molecule has 1 aliphatic rings. The lowest BCUT2D eigenvalue weighted by Crippen LogP contribution is -2.35. The number of pyridine rings is 1. The Kier molecular flexibility index (Phi) is 4.03. The van der Waals surface area contributed by atoms with Crippen LogP contribution in [-0.2, 0) is 6.54 Å². The molecule has 0 aromatic carbocycles. The van der Waals surface area contributed by atoms with Gasteiger partial charge < -0.3 is 5.11 Å². The van der Waals surface area contributed by atoms with Crippen LogP contribution in [0.3, 0.4) is 0 Å². The van der Waals surface area contributed by atoms with Gasteiger partial charge in [-0.25, -0.2) is 4.98 Å². The average Bonchev–Trinajstić information content (AvgIpc) is 2.25. The van der Waals surface area contributed by atoms with E-state index in [1.54, 1.807) is 6.07 Å². The van der Waals surface area contributed by atoms with E-state index in [1.165, 1.54) is 0 Å². The van der Waals surface area contributed by atoms with Crippen molar-refractivity contribution in [2.45, 2.75) is 25.5 Å². The molecule has 2 rings (SSSR count). The highest BCUT2D eigenvalue weighted by atomic mass is 35.5. The standard InChI is InChI=1S/C11H14Cl2N2O/c12-10-2-1-8(11(13)14-10)7-15-5-3-9(16)4-6-15/h1-2,9,16H,3-7H2. The monoisotopic (exact) mass is 260 g/mol. The molecule has 1 aliphatic heterocycles. The number of hydrogen-bond donors (Lipinski definition) is 1. The lowest BCUT2D eigenvalue weighted by molar-refractivity contribution is 0.0792. The third-order valence-electron chi connectivity index (χ3n) is 2.84. The van der Waals surface area contributed by atoms with Gasteiger partial charge in [0.25, 0.3) is 0 Å². The van der Waals surface area contributed by atoms with Gasteiger partial charge in [0.2, 0.25) is 0 Å². The largest absolute Gasteiger partial charge is 0.393 e. The van der Waals surface area contributed by atoms with Gasteiger partial charge in [-0.2, -0.15) is 0 Å². The molecule has 0 radical (unpaired) electrons. The molecule has 1 saturated heterocycles. The molecule has 0 saturated carbocycles. The van der Waals surface area contributed by atoms with Crippen molar-refractivity contribution in [1.82, 2.24) is 9.88 Å². The normalized spacial score (nSPS) is 18.9. The first-order valence-corrected chi connectivity index (χ1v) is 6.12. The Labute approximate surface area is 105 Å². The van der Waals surface area contributed by atoms with E-state index in [9.17, 15) is 5.11 Å². The van der Waals surface area contributed by atoms with Crippen LogP contribution in [0, 0.1) is 0 Å². The van der Waals surface area contributed by atoms with Gasteiger partial charge in [-0.3, -0.25) is 4.90 Å². The van der Waals surface area contributed by atoms with E-state index in [4.69, 9.17) is 23.2 Å². The summed E-state index contributed by atoms with van der Waals surface area (Å²) in [6.45, 7) is 2.58. The molecule has 0 spiro atoms. The van der Waals surface area contributed by atoms with Crippen LogP contribution in [0.1, 0.15) is 18.4 Å². The summed E-state index contributed by atoms with van der Waals surface area (Å²) in [5.74, 6) is 0. The molecule has 1 aromatic rings. The summed E-state index contributed by atoms with van der Waals surface area (Å²) >= 11 is 11.7. The van der Waals surface area contributed by atoms with Crippen molar-refractivity contribution in [3.63, 3.8) is 0 Å². The fourth-order valence-electron chi connectivity index (χ4n) is 1.88. The predicted molar refractivity (Wildman–Crippen MR) is 64.8 cm³/mol. The SMILES string of the molecule is OC1CCN(Cc2ccc(Cl)nc2Cl)CC1. The van der Waals surface area contributed by atoms with E-state index >= 15 is 0 Å². The zero-order chi connectivity index (χ0) is 11.5. The maximum absolute atomic E-state index is 9.40. The van der Waals surface area contributed by atoms with Crippen LogP contribution < -0.4 is 0 Å². The molecule has 0 aliphatic carbocycles. The molecule has 0 atom stereocenters. The van der Waals surface area contributed by atoms with Crippen molar-refractivity contribution < 1.29 is 5.11 Å². The minimum atomic E-state index is -0.143. The minimum absolute atomic E-state index is 0.143.